The molecule has 0 radical (unpaired) electrons. The van der Waals surface area contributed by atoms with Crippen LogP contribution in [0.5, 0.6) is 0 Å². The zero-order valence-corrected chi connectivity index (χ0v) is 10.1. The molecule has 1 saturated heterocycles. The maximum absolute atomic E-state index is 6.20. The Morgan fingerprint density at radius 2 is 2.24 bits per heavy atom. The number of halogens is 1. The number of fused-ring (bicyclic) bond motifs is 1. The highest BCUT2D eigenvalue weighted by molar-refractivity contribution is 6.31. The Morgan fingerprint density at radius 3 is 3.00 bits per heavy atom. The van der Waals surface area contributed by atoms with Gasteiger partial charge in [0.25, 0.3) is 0 Å². The van der Waals surface area contributed by atoms with Gasteiger partial charge in [-0.1, -0.05) is 11.6 Å². The number of benzene rings is 1. The predicted molar refractivity (Wildman–Crippen MR) is 67.1 cm³/mol. The largest absolute Gasteiger partial charge is 0.459 e. The van der Waals surface area contributed by atoms with Crippen molar-refractivity contribution in [3.63, 3.8) is 0 Å². The molecule has 2 N–H and O–H groups in total. The number of furan rings is 1. The van der Waals surface area contributed by atoms with Crippen LogP contribution >= 0.6 is 11.6 Å². The highest BCUT2D eigenvalue weighted by Gasteiger charge is 2.26. The molecule has 17 heavy (non-hydrogen) atoms. The van der Waals surface area contributed by atoms with Crippen LogP contribution in [-0.4, -0.2) is 13.2 Å². The van der Waals surface area contributed by atoms with Crippen LogP contribution in [-0.2, 0) is 4.74 Å². The van der Waals surface area contributed by atoms with Crippen molar-refractivity contribution < 1.29 is 9.15 Å². The summed E-state index contributed by atoms with van der Waals surface area (Å²) in [5, 5.41) is 1.71. The van der Waals surface area contributed by atoms with Crippen molar-refractivity contribution in [2.24, 2.45) is 11.7 Å². The van der Waals surface area contributed by atoms with Crippen LogP contribution in [0.15, 0.2) is 28.7 Å². The van der Waals surface area contributed by atoms with Crippen LogP contribution in [0.1, 0.15) is 18.2 Å². The van der Waals surface area contributed by atoms with Crippen LogP contribution in [0.25, 0.3) is 11.0 Å². The molecule has 0 bridgehead atoms. The van der Waals surface area contributed by atoms with Gasteiger partial charge in [0.05, 0.1) is 12.6 Å². The van der Waals surface area contributed by atoms with Crippen LogP contribution in [0.3, 0.4) is 0 Å². The van der Waals surface area contributed by atoms with Crippen LogP contribution in [0.4, 0.5) is 0 Å². The van der Waals surface area contributed by atoms with E-state index in [-0.39, 0.29) is 6.04 Å². The minimum atomic E-state index is -0.0938. The van der Waals surface area contributed by atoms with Gasteiger partial charge in [0.2, 0.25) is 0 Å². The van der Waals surface area contributed by atoms with E-state index in [1.165, 1.54) is 0 Å². The first kappa shape index (κ1) is 11.1. The minimum absolute atomic E-state index is 0.0938. The maximum Gasteiger partial charge on any atom is 0.134 e. The summed E-state index contributed by atoms with van der Waals surface area (Å²) >= 11 is 5.94. The highest BCUT2D eigenvalue weighted by atomic mass is 35.5. The molecule has 4 heteroatoms. The van der Waals surface area contributed by atoms with E-state index in [0.29, 0.717) is 10.9 Å². The number of hydrogen-bond acceptors (Lipinski definition) is 3. The van der Waals surface area contributed by atoms with Crippen molar-refractivity contribution in [2.75, 3.05) is 13.2 Å². The summed E-state index contributed by atoms with van der Waals surface area (Å²) in [7, 11) is 0. The van der Waals surface area contributed by atoms with E-state index >= 15 is 0 Å². The van der Waals surface area contributed by atoms with Crippen molar-refractivity contribution in [3.8, 4) is 0 Å². The van der Waals surface area contributed by atoms with Gasteiger partial charge in [0, 0.05) is 22.9 Å². The van der Waals surface area contributed by atoms with Crippen LogP contribution in [0.2, 0.25) is 5.02 Å². The van der Waals surface area contributed by atoms with Gasteiger partial charge in [0.15, 0.2) is 0 Å². The van der Waals surface area contributed by atoms with E-state index in [0.717, 1.165) is 36.4 Å². The molecular formula is C13H14ClNO2. The summed E-state index contributed by atoms with van der Waals surface area (Å²) in [5.41, 5.74) is 7.03. The lowest BCUT2D eigenvalue weighted by atomic mass is 9.98. The molecule has 3 nitrogen and oxygen atoms in total. The topological polar surface area (TPSA) is 48.4 Å². The second-order valence-electron chi connectivity index (χ2n) is 4.48. The molecular weight excluding hydrogens is 238 g/mol. The summed E-state index contributed by atoms with van der Waals surface area (Å²) < 4.78 is 11.1. The third-order valence-electron chi connectivity index (χ3n) is 3.30. The molecule has 1 aromatic carbocycles. The molecule has 1 aliphatic rings. The number of rotatable bonds is 2. The molecule has 2 heterocycles. The van der Waals surface area contributed by atoms with E-state index in [1.807, 2.05) is 24.3 Å². The standard InChI is InChI=1S/C13H14ClNO2/c14-10-1-2-11-9(5-10)6-12(17-11)13(15)8-3-4-16-7-8/h1-2,5-6,8,13H,3-4,7,15H2. The third-order valence-corrected chi connectivity index (χ3v) is 3.53. The lowest BCUT2D eigenvalue weighted by Crippen LogP contribution is -2.20. The lowest BCUT2D eigenvalue weighted by Gasteiger charge is -2.14. The molecule has 1 aliphatic heterocycles. The van der Waals surface area contributed by atoms with Gasteiger partial charge >= 0.3 is 0 Å². The zero-order chi connectivity index (χ0) is 11.8. The molecule has 0 spiro atoms. The van der Waals surface area contributed by atoms with Crippen molar-refractivity contribution in [2.45, 2.75) is 12.5 Å². The highest BCUT2D eigenvalue weighted by Crippen LogP contribution is 2.31. The first-order chi connectivity index (χ1) is 8.24. The lowest BCUT2D eigenvalue weighted by molar-refractivity contribution is 0.178. The number of hydrogen-bond donors (Lipinski definition) is 1. The van der Waals surface area contributed by atoms with Gasteiger partial charge in [-0.25, -0.2) is 0 Å². The van der Waals surface area contributed by atoms with E-state index in [4.69, 9.17) is 26.5 Å². The maximum atomic E-state index is 6.20. The van der Waals surface area contributed by atoms with Crippen LogP contribution < -0.4 is 5.73 Å². The van der Waals surface area contributed by atoms with Crippen molar-refractivity contribution in [1.82, 2.24) is 0 Å². The second kappa shape index (κ2) is 4.33. The van der Waals surface area contributed by atoms with E-state index < -0.39 is 0 Å². The molecule has 0 aliphatic carbocycles. The Morgan fingerprint density at radius 1 is 1.35 bits per heavy atom. The normalized spacial score (nSPS) is 22.1. The Balaban J connectivity index is 1.94. The number of ether oxygens (including phenoxy) is 1. The zero-order valence-electron chi connectivity index (χ0n) is 9.36. The first-order valence-corrected chi connectivity index (χ1v) is 6.14. The molecule has 2 aromatic rings. The summed E-state index contributed by atoms with van der Waals surface area (Å²) in [6.07, 6.45) is 0.999. The summed E-state index contributed by atoms with van der Waals surface area (Å²) in [4.78, 5) is 0. The molecule has 90 valence electrons. The predicted octanol–water partition coefficient (Wildman–Crippen LogP) is 3.12. The quantitative estimate of drug-likeness (QED) is 0.892. The summed E-state index contributed by atoms with van der Waals surface area (Å²) in [6.45, 7) is 1.52. The SMILES string of the molecule is NC(c1cc2cc(Cl)ccc2o1)C1CCOC1. The van der Waals surface area contributed by atoms with Gasteiger partial charge < -0.3 is 14.9 Å². The van der Waals surface area contributed by atoms with Gasteiger partial charge in [-0.3, -0.25) is 0 Å². The molecule has 2 atom stereocenters. The monoisotopic (exact) mass is 251 g/mol. The Labute approximate surface area is 104 Å². The van der Waals surface area contributed by atoms with E-state index in [9.17, 15) is 0 Å². The minimum Gasteiger partial charge on any atom is -0.459 e. The van der Waals surface area contributed by atoms with Gasteiger partial charge in [-0.15, -0.1) is 0 Å². The van der Waals surface area contributed by atoms with E-state index in [1.54, 1.807) is 0 Å². The molecule has 1 fully saturated rings. The molecule has 0 saturated carbocycles. The van der Waals surface area contributed by atoms with Crippen molar-refractivity contribution in [3.05, 3.63) is 35.0 Å². The fourth-order valence-electron chi connectivity index (χ4n) is 2.27. The second-order valence-corrected chi connectivity index (χ2v) is 4.92. The summed E-state index contributed by atoms with van der Waals surface area (Å²) in [5.74, 6) is 1.17. The van der Waals surface area contributed by atoms with E-state index in [2.05, 4.69) is 0 Å². The summed E-state index contributed by atoms with van der Waals surface area (Å²) in [6, 6.07) is 7.47. The Hall–Kier alpha value is -1.03. The van der Waals surface area contributed by atoms with Crippen molar-refractivity contribution in [1.29, 1.82) is 0 Å². The third kappa shape index (κ3) is 2.06. The van der Waals surface area contributed by atoms with Gasteiger partial charge in [-0.2, -0.15) is 0 Å². The average Bonchev–Trinajstić information content (AvgIpc) is 2.96. The molecule has 1 aromatic heterocycles. The van der Waals surface area contributed by atoms with Crippen molar-refractivity contribution >= 4 is 22.6 Å². The molecule has 3 rings (SSSR count). The van der Waals surface area contributed by atoms with Gasteiger partial charge in [0.1, 0.15) is 11.3 Å². The Kier molecular flexibility index (Phi) is 2.82. The fraction of sp³-hybridized carbons (Fsp3) is 0.385. The number of nitrogens with two attached hydrogens (primary N) is 1. The van der Waals surface area contributed by atoms with Crippen LogP contribution in [0, 0.1) is 5.92 Å². The smallest absolute Gasteiger partial charge is 0.134 e. The molecule has 2 unspecified atom stereocenters. The van der Waals surface area contributed by atoms with Gasteiger partial charge in [-0.05, 0) is 30.7 Å². The average molecular weight is 252 g/mol. The molecule has 0 amide bonds. The fourth-order valence-corrected chi connectivity index (χ4v) is 2.45. The Bertz CT molecular complexity index is 531. The first-order valence-electron chi connectivity index (χ1n) is 5.76.